The van der Waals surface area contributed by atoms with Gasteiger partial charge in [0.2, 0.25) is 11.8 Å². The van der Waals surface area contributed by atoms with Crippen LogP contribution in [0.25, 0.3) is 0 Å². The molecule has 0 radical (unpaired) electrons. The SMILES string of the molecule is COc1ncccc1CNOCC(N)=O. The first-order chi connectivity index (χ1) is 7.24. The molecule has 0 atom stereocenters. The molecular weight excluding hydrogens is 198 g/mol. The zero-order valence-electron chi connectivity index (χ0n) is 8.40. The molecule has 0 fully saturated rings. The van der Waals surface area contributed by atoms with Crippen molar-refractivity contribution in [3.05, 3.63) is 23.9 Å². The highest BCUT2D eigenvalue weighted by Crippen LogP contribution is 2.12. The lowest BCUT2D eigenvalue weighted by atomic mass is 10.3. The Kier molecular flexibility index (Phi) is 4.52. The Balaban J connectivity index is 2.39. The van der Waals surface area contributed by atoms with Crippen LogP contribution < -0.4 is 16.0 Å². The molecule has 1 rings (SSSR count). The highest BCUT2D eigenvalue weighted by atomic mass is 16.6. The minimum atomic E-state index is -0.527. The summed E-state index contributed by atoms with van der Waals surface area (Å²) in [5.74, 6) is -0.00618. The van der Waals surface area contributed by atoms with Gasteiger partial charge in [0.25, 0.3) is 0 Å². The largest absolute Gasteiger partial charge is 0.481 e. The summed E-state index contributed by atoms with van der Waals surface area (Å²) in [6, 6.07) is 3.63. The highest BCUT2D eigenvalue weighted by molar-refractivity contribution is 5.74. The van der Waals surface area contributed by atoms with Gasteiger partial charge in [-0.15, -0.1) is 0 Å². The summed E-state index contributed by atoms with van der Waals surface area (Å²) in [6.07, 6.45) is 1.63. The van der Waals surface area contributed by atoms with Gasteiger partial charge in [-0.2, -0.15) is 5.48 Å². The molecule has 1 aromatic heterocycles. The zero-order valence-corrected chi connectivity index (χ0v) is 8.40. The first kappa shape index (κ1) is 11.4. The molecule has 0 aromatic carbocycles. The molecular formula is C9H13N3O3. The molecule has 0 saturated heterocycles. The third-order valence-electron chi connectivity index (χ3n) is 1.62. The lowest BCUT2D eigenvalue weighted by Gasteiger charge is -2.07. The summed E-state index contributed by atoms with van der Waals surface area (Å²) < 4.78 is 5.03. The van der Waals surface area contributed by atoms with Crippen LogP contribution in [0.3, 0.4) is 0 Å². The van der Waals surface area contributed by atoms with Gasteiger partial charge in [-0.25, -0.2) is 4.98 Å². The standard InChI is InChI=1S/C9H13N3O3/c1-14-9-7(3-2-4-11-9)5-12-15-6-8(10)13/h2-4,12H,5-6H2,1H3,(H2,10,13). The van der Waals surface area contributed by atoms with Crippen LogP contribution in [0, 0.1) is 0 Å². The first-order valence-electron chi connectivity index (χ1n) is 4.35. The van der Waals surface area contributed by atoms with Crippen LogP contribution in [-0.4, -0.2) is 24.6 Å². The third kappa shape index (κ3) is 3.92. The van der Waals surface area contributed by atoms with E-state index in [-0.39, 0.29) is 6.61 Å². The number of pyridine rings is 1. The van der Waals surface area contributed by atoms with E-state index in [4.69, 9.17) is 15.3 Å². The monoisotopic (exact) mass is 211 g/mol. The zero-order chi connectivity index (χ0) is 11.1. The topological polar surface area (TPSA) is 86.5 Å². The lowest BCUT2D eigenvalue weighted by molar-refractivity contribution is -0.125. The Morgan fingerprint density at radius 2 is 2.47 bits per heavy atom. The Hall–Kier alpha value is -1.66. The molecule has 0 unspecified atom stereocenters. The van der Waals surface area contributed by atoms with E-state index in [0.29, 0.717) is 12.4 Å². The second-order valence-corrected chi connectivity index (χ2v) is 2.75. The van der Waals surface area contributed by atoms with Crippen molar-refractivity contribution in [3.8, 4) is 5.88 Å². The fourth-order valence-corrected chi connectivity index (χ4v) is 0.993. The number of primary amides is 1. The number of nitrogens with one attached hydrogen (secondary N) is 1. The van der Waals surface area contributed by atoms with E-state index in [1.165, 1.54) is 7.11 Å². The van der Waals surface area contributed by atoms with E-state index in [1.807, 2.05) is 6.07 Å². The van der Waals surface area contributed by atoms with Crippen molar-refractivity contribution in [2.45, 2.75) is 6.54 Å². The second kappa shape index (κ2) is 5.94. The average molecular weight is 211 g/mol. The van der Waals surface area contributed by atoms with Gasteiger partial charge in [0, 0.05) is 11.8 Å². The molecule has 0 bridgehead atoms. The lowest BCUT2D eigenvalue weighted by Crippen LogP contribution is -2.24. The molecule has 0 aliphatic heterocycles. The maximum absolute atomic E-state index is 10.4. The number of hydrogen-bond acceptors (Lipinski definition) is 5. The molecule has 6 heteroatoms. The smallest absolute Gasteiger partial charge is 0.245 e. The first-order valence-corrected chi connectivity index (χ1v) is 4.35. The van der Waals surface area contributed by atoms with E-state index in [1.54, 1.807) is 12.3 Å². The molecule has 0 saturated carbocycles. The molecule has 3 N–H and O–H groups in total. The number of rotatable bonds is 6. The maximum Gasteiger partial charge on any atom is 0.245 e. The molecule has 1 heterocycles. The van der Waals surface area contributed by atoms with Crippen molar-refractivity contribution in [3.63, 3.8) is 0 Å². The molecule has 6 nitrogen and oxygen atoms in total. The quantitative estimate of drug-likeness (QED) is 0.493. The molecule has 1 aromatic rings. The van der Waals surface area contributed by atoms with Crippen molar-refractivity contribution < 1.29 is 14.4 Å². The fourth-order valence-electron chi connectivity index (χ4n) is 0.993. The highest BCUT2D eigenvalue weighted by Gasteiger charge is 2.02. The molecule has 1 amide bonds. The number of aromatic nitrogens is 1. The Morgan fingerprint density at radius 3 is 3.13 bits per heavy atom. The molecule has 0 aliphatic carbocycles. The van der Waals surface area contributed by atoms with Crippen LogP contribution in [0.1, 0.15) is 5.56 Å². The van der Waals surface area contributed by atoms with Gasteiger partial charge < -0.3 is 10.5 Å². The van der Waals surface area contributed by atoms with Gasteiger partial charge in [0.15, 0.2) is 0 Å². The van der Waals surface area contributed by atoms with Crippen molar-refractivity contribution >= 4 is 5.91 Å². The minimum absolute atomic E-state index is 0.164. The van der Waals surface area contributed by atoms with E-state index in [9.17, 15) is 4.79 Å². The Labute approximate surface area is 87.3 Å². The van der Waals surface area contributed by atoms with Crippen LogP contribution in [0.5, 0.6) is 5.88 Å². The molecule has 0 spiro atoms. The summed E-state index contributed by atoms with van der Waals surface area (Å²) in [6.45, 7) is 0.229. The van der Waals surface area contributed by atoms with Gasteiger partial charge in [-0.1, -0.05) is 6.07 Å². The molecule has 15 heavy (non-hydrogen) atoms. The van der Waals surface area contributed by atoms with Crippen molar-refractivity contribution in [2.75, 3.05) is 13.7 Å². The fraction of sp³-hybridized carbons (Fsp3) is 0.333. The van der Waals surface area contributed by atoms with E-state index in [2.05, 4.69) is 10.5 Å². The third-order valence-corrected chi connectivity index (χ3v) is 1.62. The molecule has 0 aliphatic rings. The number of ether oxygens (including phenoxy) is 1. The minimum Gasteiger partial charge on any atom is -0.481 e. The number of methoxy groups -OCH3 is 1. The maximum atomic E-state index is 10.4. The number of carbonyl (C=O) groups excluding carboxylic acids is 1. The van der Waals surface area contributed by atoms with E-state index < -0.39 is 5.91 Å². The summed E-state index contributed by atoms with van der Waals surface area (Å²) in [4.78, 5) is 19.1. The van der Waals surface area contributed by atoms with Gasteiger partial charge in [0.1, 0.15) is 6.61 Å². The number of amides is 1. The van der Waals surface area contributed by atoms with Gasteiger partial charge >= 0.3 is 0 Å². The normalized spacial score (nSPS) is 9.93. The average Bonchev–Trinajstić information content (AvgIpc) is 2.24. The number of carbonyl (C=O) groups is 1. The number of hydroxylamine groups is 1. The summed E-state index contributed by atoms with van der Waals surface area (Å²) >= 11 is 0. The van der Waals surface area contributed by atoms with Gasteiger partial charge in [0.05, 0.1) is 13.7 Å². The van der Waals surface area contributed by atoms with E-state index in [0.717, 1.165) is 5.56 Å². The van der Waals surface area contributed by atoms with Crippen molar-refractivity contribution in [1.82, 2.24) is 10.5 Å². The van der Waals surface area contributed by atoms with Crippen LogP contribution in [0.4, 0.5) is 0 Å². The second-order valence-electron chi connectivity index (χ2n) is 2.75. The van der Waals surface area contributed by atoms with Crippen LogP contribution >= 0.6 is 0 Å². The summed E-state index contributed by atoms with van der Waals surface area (Å²) in [5, 5.41) is 0. The van der Waals surface area contributed by atoms with Gasteiger partial charge in [-0.05, 0) is 6.07 Å². The van der Waals surface area contributed by atoms with E-state index >= 15 is 0 Å². The predicted octanol–water partition coefficient (Wildman–Crippen LogP) is -0.403. The van der Waals surface area contributed by atoms with Crippen LogP contribution in [0.2, 0.25) is 0 Å². The Morgan fingerprint density at radius 1 is 1.67 bits per heavy atom. The summed E-state index contributed by atoms with van der Waals surface area (Å²) in [5.41, 5.74) is 8.31. The number of hydrogen-bond donors (Lipinski definition) is 2. The Bertz CT molecular complexity index is 330. The van der Waals surface area contributed by atoms with Crippen molar-refractivity contribution in [1.29, 1.82) is 0 Å². The van der Waals surface area contributed by atoms with Crippen LogP contribution in [-0.2, 0) is 16.2 Å². The van der Waals surface area contributed by atoms with Crippen molar-refractivity contribution in [2.24, 2.45) is 5.73 Å². The number of nitrogens with zero attached hydrogens (tertiary/aromatic N) is 1. The van der Waals surface area contributed by atoms with Crippen LogP contribution in [0.15, 0.2) is 18.3 Å². The number of nitrogens with two attached hydrogens (primary N) is 1. The van der Waals surface area contributed by atoms with Gasteiger partial charge in [-0.3, -0.25) is 9.63 Å². The molecule has 82 valence electrons. The summed E-state index contributed by atoms with van der Waals surface area (Å²) in [7, 11) is 1.54. The predicted molar refractivity (Wildman–Crippen MR) is 52.8 cm³/mol.